The number of ether oxygens (including phenoxy) is 1. The van der Waals surface area contributed by atoms with Crippen LogP contribution in [0.3, 0.4) is 0 Å². The normalized spacial score (nSPS) is 13.5. The van der Waals surface area contributed by atoms with Crippen LogP contribution in [-0.4, -0.2) is 60.5 Å². The largest absolute Gasteiger partial charge is 0.465 e. The second-order valence-corrected chi connectivity index (χ2v) is 15.8. The number of aromatic nitrogens is 5. The zero-order valence-corrected chi connectivity index (χ0v) is 31.3. The fraction of sp³-hybridized carbons (Fsp3) is 0.282. The summed E-state index contributed by atoms with van der Waals surface area (Å²) in [5.41, 5.74) is 3.53. The first-order chi connectivity index (χ1) is 25.1. The number of para-hydroxylation sites is 1. The van der Waals surface area contributed by atoms with Crippen LogP contribution in [-0.2, 0) is 17.1 Å². The van der Waals surface area contributed by atoms with Crippen LogP contribution < -0.4 is 15.9 Å². The van der Waals surface area contributed by atoms with Crippen molar-refractivity contribution in [3.05, 3.63) is 116 Å². The Balaban J connectivity index is 1.55. The van der Waals surface area contributed by atoms with E-state index in [2.05, 4.69) is 5.10 Å². The molecule has 14 heteroatoms. The van der Waals surface area contributed by atoms with Crippen molar-refractivity contribution in [1.29, 1.82) is 0 Å². The van der Waals surface area contributed by atoms with Gasteiger partial charge in [-0.3, -0.25) is 14.3 Å². The van der Waals surface area contributed by atoms with E-state index in [9.17, 15) is 27.9 Å². The number of rotatable bonds is 8. The van der Waals surface area contributed by atoms with Gasteiger partial charge in [-0.25, -0.2) is 17.2 Å². The molecule has 0 aliphatic carbocycles. The highest BCUT2D eigenvalue weighted by Gasteiger charge is 2.34. The molecule has 6 aromatic rings. The molecule has 1 saturated heterocycles. The van der Waals surface area contributed by atoms with Crippen LogP contribution in [0.2, 0.25) is 0 Å². The summed E-state index contributed by atoms with van der Waals surface area (Å²) in [6.45, 7) is 11.6. The minimum atomic E-state index is -4.37. The van der Waals surface area contributed by atoms with E-state index < -0.39 is 33.3 Å². The van der Waals surface area contributed by atoms with Gasteiger partial charge in [0.1, 0.15) is 11.3 Å². The third-order valence-electron chi connectivity index (χ3n) is 9.86. The van der Waals surface area contributed by atoms with Crippen molar-refractivity contribution in [1.82, 2.24) is 27.8 Å². The zero-order valence-electron chi connectivity index (χ0n) is 30.5. The van der Waals surface area contributed by atoms with Crippen molar-refractivity contribution in [2.24, 2.45) is 7.05 Å². The molecule has 1 amide bonds. The second-order valence-electron chi connectivity index (χ2n) is 14.0. The Kier molecular flexibility index (Phi) is 8.68. The third kappa shape index (κ3) is 6.02. The monoisotopic (exact) mass is 736 g/mol. The number of carbonyl (C=O) groups is 1. The predicted octanol–water partition coefficient (Wildman–Crippen LogP) is 6.41. The van der Waals surface area contributed by atoms with E-state index in [4.69, 9.17) is 4.74 Å². The van der Waals surface area contributed by atoms with E-state index in [1.165, 1.54) is 39.3 Å². The highest BCUT2D eigenvalue weighted by Crippen LogP contribution is 2.41. The van der Waals surface area contributed by atoms with Gasteiger partial charge in [-0.05, 0) is 70.9 Å². The van der Waals surface area contributed by atoms with Crippen molar-refractivity contribution in [2.75, 3.05) is 13.1 Å². The number of likely N-dealkylation sites (tertiary alicyclic amines) is 1. The lowest BCUT2D eigenvalue weighted by Gasteiger charge is -2.38. The molecule has 13 nitrogen and oxygen atoms in total. The Morgan fingerprint density at radius 2 is 1.57 bits per heavy atom. The van der Waals surface area contributed by atoms with Crippen LogP contribution in [0.25, 0.3) is 33.3 Å². The lowest BCUT2D eigenvalue weighted by atomic mass is 10.0. The van der Waals surface area contributed by atoms with E-state index in [1.54, 1.807) is 48.4 Å². The van der Waals surface area contributed by atoms with Gasteiger partial charge in [-0.15, -0.1) is 0 Å². The van der Waals surface area contributed by atoms with Crippen molar-refractivity contribution in [3.63, 3.8) is 0 Å². The highest BCUT2D eigenvalue weighted by molar-refractivity contribution is 7.90. The molecule has 0 saturated carbocycles. The highest BCUT2D eigenvalue weighted by atomic mass is 32.2. The lowest BCUT2D eigenvalue weighted by molar-refractivity contribution is 0.0842. The van der Waals surface area contributed by atoms with Crippen LogP contribution in [0.4, 0.5) is 4.79 Å². The van der Waals surface area contributed by atoms with E-state index >= 15 is 0 Å². The number of hydrogen-bond donors (Lipinski definition) is 1. The molecule has 274 valence electrons. The number of benzene rings is 2. The first kappa shape index (κ1) is 35.5. The number of hydrogen-bond acceptors (Lipinski definition) is 7. The van der Waals surface area contributed by atoms with Gasteiger partial charge in [-0.1, -0.05) is 35.9 Å². The smallest absolute Gasteiger partial charge is 0.407 e. The van der Waals surface area contributed by atoms with E-state index in [1.807, 2.05) is 52.8 Å². The molecule has 0 radical (unpaired) electrons. The third-order valence-corrected chi connectivity index (χ3v) is 11.6. The summed E-state index contributed by atoms with van der Waals surface area (Å²) in [4.78, 5) is 40.9. The van der Waals surface area contributed by atoms with Crippen LogP contribution >= 0.6 is 0 Å². The Labute approximate surface area is 306 Å². The van der Waals surface area contributed by atoms with Crippen molar-refractivity contribution in [2.45, 2.75) is 58.5 Å². The molecule has 1 aliphatic rings. The maximum Gasteiger partial charge on any atom is 0.407 e. The summed E-state index contributed by atoms with van der Waals surface area (Å²) in [6, 6.07) is 14.8. The Bertz CT molecular complexity index is 2660. The summed E-state index contributed by atoms with van der Waals surface area (Å²) in [5, 5.41) is 14.4. The maximum absolute atomic E-state index is 14.7. The molecule has 0 bridgehead atoms. The van der Waals surface area contributed by atoms with Crippen molar-refractivity contribution >= 4 is 27.0 Å². The van der Waals surface area contributed by atoms with Gasteiger partial charge in [0.2, 0.25) is 0 Å². The van der Waals surface area contributed by atoms with Gasteiger partial charge < -0.3 is 23.9 Å². The number of fused-ring (bicyclic) bond motifs is 1. The van der Waals surface area contributed by atoms with Gasteiger partial charge >= 0.3 is 6.09 Å². The first-order valence-electron chi connectivity index (χ1n) is 17.2. The zero-order chi connectivity index (χ0) is 38.1. The summed E-state index contributed by atoms with van der Waals surface area (Å²) in [5.74, 6) is 0.841. The van der Waals surface area contributed by atoms with Gasteiger partial charge in [-0.2, -0.15) is 5.10 Å². The predicted molar refractivity (Wildman–Crippen MR) is 202 cm³/mol. The molecule has 0 spiro atoms. The number of aryl methyl sites for hydroxylation is 5. The molecule has 5 heterocycles. The quantitative estimate of drug-likeness (QED) is 0.188. The average molecular weight is 737 g/mol. The van der Waals surface area contributed by atoms with Crippen molar-refractivity contribution in [3.8, 4) is 33.9 Å². The fourth-order valence-electron chi connectivity index (χ4n) is 6.82. The second kappa shape index (κ2) is 13.0. The molecular formula is C39H40N6O7S. The molecule has 53 heavy (non-hydrogen) atoms. The minimum absolute atomic E-state index is 0.000705. The van der Waals surface area contributed by atoms with E-state index in [-0.39, 0.29) is 41.0 Å². The number of nitrogens with zero attached hydrogens (tertiary/aromatic N) is 6. The van der Waals surface area contributed by atoms with Crippen LogP contribution in [0.1, 0.15) is 48.3 Å². The van der Waals surface area contributed by atoms with Gasteiger partial charge in [0.05, 0.1) is 28.5 Å². The SMILES string of the molecule is Cc1ccc(S(=O)(=O)n2c(-c3cn(C(C)C)nc3C)cc3c(-c4cc(=O)n(C5CN(C(=O)O)C5)cc4Oc4c(C)cccc4C)cn(C)c(=O)c32)cc1. The van der Waals surface area contributed by atoms with E-state index in [0.717, 1.165) is 20.7 Å². The van der Waals surface area contributed by atoms with E-state index in [0.29, 0.717) is 33.5 Å². The lowest BCUT2D eigenvalue weighted by Crippen LogP contribution is -2.52. The molecule has 0 unspecified atom stereocenters. The van der Waals surface area contributed by atoms with Crippen LogP contribution in [0, 0.1) is 27.7 Å². The molecule has 7 rings (SSSR count). The Morgan fingerprint density at radius 1 is 0.906 bits per heavy atom. The molecule has 0 atom stereocenters. The molecule has 1 N–H and O–H groups in total. The van der Waals surface area contributed by atoms with Crippen LogP contribution in [0.5, 0.6) is 11.5 Å². The maximum atomic E-state index is 14.7. The number of pyridine rings is 2. The van der Waals surface area contributed by atoms with Gasteiger partial charge in [0.25, 0.3) is 21.1 Å². The summed E-state index contributed by atoms with van der Waals surface area (Å²) in [7, 11) is -2.84. The topological polar surface area (TPSA) is 151 Å². The van der Waals surface area contributed by atoms with Gasteiger partial charge in [0.15, 0.2) is 5.75 Å². The minimum Gasteiger partial charge on any atom is -0.465 e. The first-order valence-corrected chi connectivity index (χ1v) is 18.6. The fourth-order valence-corrected chi connectivity index (χ4v) is 8.34. The van der Waals surface area contributed by atoms with Crippen molar-refractivity contribution < 1.29 is 23.1 Å². The van der Waals surface area contributed by atoms with Gasteiger partial charge in [0, 0.05) is 66.7 Å². The number of carboxylic acid groups (broad SMARTS) is 1. The average Bonchev–Trinajstić information content (AvgIpc) is 3.67. The Hall–Kier alpha value is -5.89. The molecule has 1 aliphatic heterocycles. The Morgan fingerprint density at radius 3 is 2.17 bits per heavy atom. The van der Waals surface area contributed by atoms with Crippen LogP contribution in [0.15, 0.2) is 87.7 Å². The molecule has 1 fully saturated rings. The molecule has 4 aromatic heterocycles. The summed E-state index contributed by atoms with van der Waals surface area (Å²) < 4.78 is 41.7. The number of amides is 1. The summed E-state index contributed by atoms with van der Waals surface area (Å²) in [6.07, 6.45) is 3.85. The standard InChI is InChI=1S/C39H40N6O7S/c1-22(2)44-20-31(26(6)40-44)33-15-30-32(19-41(7)38(47)36(30)45(33)53(50,51)28-13-11-23(3)12-14-28)29-16-35(46)43(27-17-42(18-27)39(48)49)21-34(29)52-37-24(4)9-8-10-25(37)5/h8-16,19-22,27H,17-18H2,1-7H3,(H,48,49). The summed E-state index contributed by atoms with van der Waals surface area (Å²) >= 11 is 0. The molecular weight excluding hydrogens is 697 g/mol. The molecule has 2 aromatic carbocycles.